The second kappa shape index (κ2) is 8.98. The number of piperidine rings is 1. The molecule has 1 fully saturated rings. The summed E-state index contributed by atoms with van der Waals surface area (Å²) >= 11 is 0. The zero-order valence-electron chi connectivity index (χ0n) is 15.0. The van der Waals surface area contributed by atoms with Crippen LogP contribution in [0.25, 0.3) is 6.08 Å². The standard InChI is InChI=1S/C23H29NO/c25-20-23(14-13-22-10-5-2-6-11-22)15-18-24(19-16-23)17-7-12-21-8-3-1-4-9-21/h1-12,25H,13-20H2/b12-7+. The lowest BCUT2D eigenvalue weighted by Crippen LogP contribution is -2.42. The van der Waals surface area contributed by atoms with Crippen molar-refractivity contribution in [2.75, 3.05) is 26.2 Å². The highest BCUT2D eigenvalue weighted by Gasteiger charge is 2.33. The summed E-state index contributed by atoms with van der Waals surface area (Å²) in [6.45, 7) is 3.46. The Morgan fingerprint density at radius 1 is 0.920 bits per heavy atom. The molecule has 25 heavy (non-hydrogen) atoms. The summed E-state index contributed by atoms with van der Waals surface area (Å²) in [7, 11) is 0. The van der Waals surface area contributed by atoms with Crippen molar-refractivity contribution in [1.29, 1.82) is 0 Å². The summed E-state index contributed by atoms with van der Waals surface area (Å²) in [5, 5.41) is 10.00. The van der Waals surface area contributed by atoms with Crippen molar-refractivity contribution < 1.29 is 5.11 Å². The second-order valence-corrected chi connectivity index (χ2v) is 7.26. The van der Waals surface area contributed by atoms with Crippen LogP contribution in [0, 0.1) is 5.41 Å². The van der Waals surface area contributed by atoms with Gasteiger partial charge >= 0.3 is 0 Å². The van der Waals surface area contributed by atoms with Crippen molar-refractivity contribution in [3.8, 4) is 0 Å². The largest absolute Gasteiger partial charge is 0.396 e. The normalized spacial score (nSPS) is 17.8. The number of nitrogens with zero attached hydrogens (tertiary/aromatic N) is 1. The van der Waals surface area contributed by atoms with Crippen molar-refractivity contribution >= 4 is 6.08 Å². The monoisotopic (exact) mass is 335 g/mol. The zero-order valence-corrected chi connectivity index (χ0v) is 15.0. The number of aliphatic hydroxyl groups excluding tert-OH is 1. The summed E-state index contributed by atoms with van der Waals surface area (Å²) in [5.74, 6) is 0. The molecule has 2 aromatic rings. The van der Waals surface area contributed by atoms with E-state index in [1.54, 1.807) is 0 Å². The SMILES string of the molecule is OCC1(CCc2ccccc2)CCN(C/C=C/c2ccccc2)CC1. The molecule has 1 aliphatic rings. The lowest BCUT2D eigenvalue weighted by molar-refractivity contribution is 0.0413. The highest BCUT2D eigenvalue weighted by Crippen LogP contribution is 2.35. The fraction of sp³-hybridized carbons (Fsp3) is 0.391. The quantitative estimate of drug-likeness (QED) is 0.810. The predicted molar refractivity (Wildman–Crippen MR) is 105 cm³/mol. The molecule has 0 amide bonds. The molecular weight excluding hydrogens is 306 g/mol. The minimum Gasteiger partial charge on any atom is -0.396 e. The molecule has 0 aromatic heterocycles. The Bertz CT molecular complexity index is 642. The summed E-state index contributed by atoms with van der Waals surface area (Å²) < 4.78 is 0. The number of aliphatic hydroxyl groups is 1. The number of hydrogen-bond donors (Lipinski definition) is 1. The maximum absolute atomic E-state index is 10.00. The number of benzene rings is 2. The van der Waals surface area contributed by atoms with Gasteiger partial charge in [0.2, 0.25) is 0 Å². The van der Waals surface area contributed by atoms with E-state index >= 15 is 0 Å². The van der Waals surface area contributed by atoms with Gasteiger partial charge in [0, 0.05) is 13.2 Å². The third-order valence-electron chi connectivity index (χ3n) is 5.51. The Labute approximate surface area is 151 Å². The Hall–Kier alpha value is -1.90. The van der Waals surface area contributed by atoms with E-state index < -0.39 is 0 Å². The van der Waals surface area contributed by atoms with Gasteiger partial charge in [0.05, 0.1) is 0 Å². The maximum Gasteiger partial charge on any atom is 0.0488 e. The van der Waals surface area contributed by atoms with Crippen LogP contribution in [-0.2, 0) is 6.42 Å². The van der Waals surface area contributed by atoms with E-state index in [2.05, 4.69) is 71.6 Å². The van der Waals surface area contributed by atoms with Crippen LogP contribution >= 0.6 is 0 Å². The molecule has 3 rings (SSSR count). The molecule has 1 N–H and O–H groups in total. The van der Waals surface area contributed by atoms with Gasteiger partial charge in [0.15, 0.2) is 0 Å². The second-order valence-electron chi connectivity index (χ2n) is 7.26. The molecule has 0 atom stereocenters. The van der Waals surface area contributed by atoms with Gasteiger partial charge in [-0.2, -0.15) is 0 Å². The van der Waals surface area contributed by atoms with Crippen LogP contribution in [0.4, 0.5) is 0 Å². The molecule has 0 aliphatic carbocycles. The van der Waals surface area contributed by atoms with Crippen LogP contribution < -0.4 is 0 Å². The zero-order chi connectivity index (χ0) is 17.4. The predicted octanol–water partition coefficient (Wildman–Crippen LogP) is 4.41. The summed E-state index contributed by atoms with van der Waals surface area (Å²) in [6, 6.07) is 21.1. The molecule has 2 aromatic carbocycles. The molecule has 0 radical (unpaired) electrons. The first kappa shape index (κ1) is 17.9. The van der Waals surface area contributed by atoms with E-state index in [0.29, 0.717) is 6.61 Å². The van der Waals surface area contributed by atoms with Crippen LogP contribution in [0.1, 0.15) is 30.4 Å². The van der Waals surface area contributed by atoms with Crippen molar-refractivity contribution in [3.63, 3.8) is 0 Å². The lowest BCUT2D eigenvalue weighted by atomic mass is 9.75. The molecule has 0 spiro atoms. The van der Waals surface area contributed by atoms with Crippen LogP contribution in [0.15, 0.2) is 66.7 Å². The van der Waals surface area contributed by atoms with Gasteiger partial charge in [-0.05, 0) is 55.3 Å². The lowest BCUT2D eigenvalue weighted by Gasteiger charge is -2.40. The summed E-state index contributed by atoms with van der Waals surface area (Å²) in [4.78, 5) is 2.50. The third-order valence-corrected chi connectivity index (χ3v) is 5.51. The Morgan fingerprint density at radius 2 is 1.56 bits per heavy atom. The number of aryl methyl sites for hydroxylation is 1. The van der Waals surface area contributed by atoms with Gasteiger partial charge in [-0.15, -0.1) is 0 Å². The maximum atomic E-state index is 10.00. The van der Waals surface area contributed by atoms with Crippen molar-refractivity contribution in [2.24, 2.45) is 5.41 Å². The number of likely N-dealkylation sites (tertiary alicyclic amines) is 1. The average molecular weight is 335 g/mol. The fourth-order valence-corrected chi connectivity index (χ4v) is 3.65. The molecular formula is C23H29NO. The molecule has 1 heterocycles. The van der Waals surface area contributed by atoms with Gasteiger partial charge in [0.25, 0.3) is 0 Å². The van der Waals surface area contributed by atoms with Crippen molar-refractivity contribution in [1.82, 2.24) is 4.90 Å². The van der Waals surface area contributed by atoms with Gasteiger partial charge < -0.3 is 5.11 Å². The Balaban J connectivity index is 1.46. The molecule has 0 saturated carbocycles. The van der Waals surface area contributed by atoms with E-state index in [4.69, 9.17) is 0 Å². The van der Waals surface area contributed by atoms with Crippen molar-refractivity contribution in [3.05, 3.63) is 77.9 Å². The van der Waals surface area contributed by atoms with E-state index in [-0.39, 0.29) is 5.41 Å². The van der Waals surface area contributed by atoms with Crippen LogP contribution in [0.2, 0.25) is 0 Å². The minimum atomic E-state index is 0.107. The van der Waals surface area contributed by atoms with Gasteiger partial charge in [-0.25, -0.2) is 0 Å². The average Bonchev–Trinajstić information content (AvgIpc) is 2.69. The molecule has 2 nitrogen and oxygen atoms in total. The highest BCUT2D eigenvalue weighted by atomic mass is 16.3. The van der Waals surface area contributed by atoms with Crippen molar-refractivity contribution in [2.45, 2.75) is 25.7 Å². The molecule has 1 aliphatic heterocycles. The Morgan fingerprint density at radius 3 is 2.20 bits per heavy atom. The minimum absolute atomic E-state index is 0.107. The van der Waals surface area contributed by atoms with Gasteiger partial charge in [0.1, 0.15) is 0 Å². The smallest absolute Gasteiger partial charge is 0.0488 e. The fourth-order valence-electron chi connectivity index (χ4n) is 3.65. The molecule has 0 bridgehead atoms. The van der Waals surface area contributed by atoms with E-state index in [0.717, 1.165) is 45.3 Å². The molecule has 1 saturated heterocycles. The first-order chi connectivity index (χ1) is 12.3. The first-order valence-electron chi connectivity index (χ1n) is 9.38. The van der Waals surface area contributed by atoms with E-state index in [9.17, 15) is 5.11 Å². The van der Waals surface area contributed by atoms with Gasteiger partial charge in [-0.1, -0.05) is 72.8 Å². The van der Waals surface area contributed by atoms with Gasteiger partial charge in [-0.3, -0.25) is 4.90 Å². The number of rotatable bonds is 7. The van der Waals surface area contributed by atoms with E-state index in [1.807, 2.05) is 6.07 Å². The van der Waals surface area contributed by atoms with Crippen LogP contribution in [-0.4, -0.2) is 36.2 Å². The highest BCUT2D eigenvalue weighted by molar-refractivity contribution is 5.48. The molecule has 0 unspecified atom stereocenters. The summed E-state index contributed by atoms with van der Waals surface area (Å²) in [6.07, 6.45) is 8.79. The summed E-state index contributed by atoms with van der Waals surface area (Å²) in [5.41, 5.74) is 2.74. The van der Waals surface area contributed by atoms with E-state index in [1.165, 1.54) is 11.1 Å². The Kier molecular flexibility index (Phi) is 6.43. The van der Waals surface area contributed by atoms with Crippen LogP contribution in [0.5, 0.6) is 0 Å². The first-order valence-corrected chi connectivity index (χ1v) is 9.38. The third kappa shape index (κ3) is 5.29. The topological polar surface area (TPSA) is 23.5 Å². The molecule has 2 heteroatoms. The molecule has 132 valence electrons. The number of hydrogen-bond acceptors (Lipinski definition) is 2. The van der Waals surface area contributed by atoms with Crippen LogP contribution in [0.3, 0.4) is 0 Å².